The van der Waals surface area contributed by atoms with Gasteiger partial charge in [0, 0.05) is 25.7 Å². The summed E-state index contributed by atoms with van der Waals surface area (Å²) >= 11 is 0. The van der Waals surface area contributed by atoms with E-state index in [0.717, 1.165) is 6.20 Å². The maximum Gasteiger partial charge on any atom is 0.350 e. The molecule has 24 heavy (non-hydrogen) atoms. The van der Waals surface area contributed by atoms with E-state index in [1.807, 2.05) is 0 Å². The standard InChI is InChI=1S/C15H13FN4O4/c1-15(2)23-13(21)10(14(22)24-15)6-18-9-3-4-12(11(16)5-9)20-8-17-7-19-20/h3-8,18H,1-2H3. The molecule has 0 unspecified atom stereocenters. The molecule has 0 amide bonds. The van der Waals surface area contributed by atoms with Crippen LogP contribution in [0.2, 0.25) is 0 Å². The van der Waals surface area contributed by atoms with Gasteiger partial charge in [0.15, 0.2) is 11.4 Å². The molecule has 2 heterocycles. The van der Waals surface area contributed by atoms with Gasteiger partial charge in [-0.25, -0.2) is 23.6 Å². The lowest BCUT2D eigenvalue weighted by molar-refractivity contribution is -0.222. The molecule has 1 aromatic heterocycles. The number of hydrogen-bond acceptors (Lipinski definition) is 7. The largest absolute Gasteiger partial charge is 0.419 e. The number of carbonyl (C=O) groups excluding carboxylic acids is 2. The summed E-state index contributed by atoms with van der Waals surface area (Å²) in [6.07, 6.45) is 3.77. The van der Waals surface area contributed by atoms with Gasteiger partial charge in [-0.15, -0.1) is 0 Å². The summed E-state index contributed by atoms with van der Waals surface area (Å²) in [6.45, 7) is 2.90. The number of benzene rings is 1. The highest BCUT2D eigenvalue weighted by Crippen LogP contribution is 2.23. The van der Waals surface area contributed by atoms with E-state index in [1.165, 1.54) is 43.3 Å². The molecule has 1 aliphatic rings. The topological polar surface area (TPSA) is 95.3 Å². The summed E-state index contributed by atoms with van der Waals surface area (Å²) in [5, 5.41) is 6.51. The lowest BCUT2D eigenvalue weighted by Crippen LogP contribution is -2.42. The van der Waals surface area contributed by atoms with Gasteiger partial charge in [-0.1, -0.05) is 0 Å². The molecule has 1 fully saturated rings. The summed E-state index contributed by atoms with van der Waals surface area (Å²) in [6, 6.07) is 4.23. The number of esters is 2. The first-order chi connectivity index (χ1) is 11.4. The number of halogens is 1. The first-order valence-electron chi connectivity index (χ1n) is 6.94. The van der Waals surface area contributed by atoms with Crippen molar-refractivity contribution in [2.75, 3.05) is 5.32 Å². The van der Waals surface area contributed by atoms with Gasteiger partial charge in [-0.05, 0) is 18.2 Å². The molecule has 0 spiro atoms. The third-order valence-corrected chi connectivity index (χ3v) is 3.11. The Labute approximate surface area is 135 Å². The normalized spacial score (nSPS) is 16.4. The Balaban J connectivity index is 1.78. The molecular formula is C15H13FN4O4. The summed E-state index contributed by atoms with van der Waals surface area (Å²) in [5.41, 5.74) is 0.230. The van der Waals surface area contributed by atoms with E-state index in [9.17, 15) is 14.0 Å². The molecular weight excluding hydrogens is 319 g/mol. The lowest BCUT2D eigenvalue weighted by atomic mass is 10.2. The van der Waals surface area contributed by atoms with Crippen molar-refractivity contribution in [3.63, 3.8) is 0 Å². The monoisotopic (exact) mass is 332 g/mol. The molecule has 1 aromatic carbocycles. The van der Waals surface area contributed by atoms with Gasteiger partial charge >= 0.3 is 11.9 Å². The number of carbonyl (C=O) groups is 2. The Morgan fingerprint density at radius 2 is 1.96 bits per heavy atom. The van der Waals surface area contributed by atoms with E-state index in [2.05, 4.69) is 15.4 Å². The van der Waals surface area contributed by atoms with Gasteiger partial charge < -0.3 is 14.8 Å². The molecule has 1 N–H and O–H groups in total. The van der Waals surface area contributed by atoms with Crippen LogP contribution in [0.15, 0.2) is 42.6 Å². The first-order valence-corrected chi connectivity index (χ1v) is 6.94. The van der Waals surface area contributed by atoms with Crippen molar-refractivity contribution in [1.29, 1.82) is 0 Å². The number of anilines is 1. The van der Waals surface area contributed by atoms with Crippen molar-refractivity contribution in [2.24, 2.45) is 0 Å². The minimum atomic E-state index is -1.31. The molecule has 0 radical (unpaired) electrons. The number of nitrogens with one attached hydrogen (secondary N) is 1. The van der Waals surface area contributed by atoms with Crippen molar-refractivity contribution in [3.05, 3.63) is 48.4 Å². The summed E-state index contributed by atoms with van der Waals surface area (Å²) in [7, 11) is 0. The second-order valence-corrected chi connectivity index (χ2v) is 5.39. The maximum atomic E-state index is 14.1. The highest BCUT2D eigenvalue weighted by Gasteiger charge is 2.38. The minimum Gasteiger partial charge on any atom is -0.419 e. The third-order valence-electron chi connectivity index (χ3n) is 3.11. The van der Waals surface area contributed by atoms with Gasteiger partial charge in [0.1, 0.15) is 18.3 Å². The van der Waals surface area contributed by atoms with Crippen molar-refractivity contribution in [1.82, 2.24) is 14.8 Å². The molecule has 3 rings (SSSR count). The minimum absolute atomic E-state index is 0.212. The Bertz CT molecular complexity index is 808. The summed E-state index contributed by atoms with van der Waals surface area (Å²) < 4.78 is 25.3. The molecule has 0 bridgehead atoms. The molecule has 0 saturated carbocycles. The fourth-order valence-electron chi connectivity index (χ4n) is 2.05. The van der Waals surface area contributed by atoms with Crippen LogP contribution in [-0.4, -0.2) is 32.5 Å². The van der Waals surface area contributed by atoms with Crippen molar-refractivity contribution in [3.8, 4) is 5.69 Å². The van der Waals surface area contributed by atoms with Crippen molar-refractivity contribution >= 4 is 17.6 Å². The number of rotatable bonds is 3. The molecule has 2 aromatic rings. The zero-order valence-electron chi connectivity index (χ0n) is 12.8. The van der Waals surface area contributed by atoms with E-state index in [1.54, 1.807) is 6.07 Å². The highest BCUT2D eigenvalue weighted by molar-refractivity contribution is 6.15. The van der Waals surface area contributed by atoms with Crippen LogP contribution in [0.25, 0.3) is 5.69 Å². The quantitative estimate of drug-likeness (QED) is 0.517. The number of cyclic esters (lactones) is 2. The predicted octanol–water partition coefficient (Wildman–Crippen LogP) is 1.54. The molecule has 0 aliphatic carbocycles. The van der Waals surface area contributed by atoms with Crippen molar-refractivity contribution < 1.29 is 23.5 Å². The first kappa shape index (κ1) is 15.7. The molecule has 124 valence electrons. The van der Waals surface area contributed by atoms with Crippen LogP contribution in [0, 0.1) is 5.82 Å². The Morgan fingerprint density at radius 3 is 2.54 bits per heavy atom. The van der Waals surface area contributed by atoms with Crippen LogP contribution in [-0.2, 0) is 19.1 Å². The second-order valence-electron chi connectivity index (χ2n) is 5.39. The molecule has 0 atom stereocenters. The predicted molar refractivity (Wildman–Crippen MR) is 79.3 cm³/mol. The van der Waals surface area contributed by atoms with Crippen LogP contribution in [0.1, 0.15) is 13.8 Å². The van der Waals surface area contributed by atoms with Gasteiger partial charge in [0.05, 0.1) is 0 Å². The van der Waals surface area contributed by atoms with Gasteiger partial charge in [0.25, 0.3) is 5.79 Å². The lowest BCUT2D eigenvalue weighted by Gasteiger charge is -2.29. The van der Waals surface area contributed by atoms with Crippen LogP contribution in [0.5, 0.6) is 0 Å². The van der Waals surface area contributed by atoms with Crippen molar-refractivity contribution in [2.45, 2.75) is 19.6 Å². The zero-order chi connectivity index (χ0) is 17.3. The fraction of sp³-hybridized carbons (Fsp3) is 0.200. The summed E-state index contributed by atoms with van der Waals surface area (Å²) in [5.74, 6) is -3.50. The smallest absolute Gasteiger partial charge is 0.350 e. The fourth-order valence-corrected chi connectivity index (χ4v) is 2.05. The van der Waals surface area contributed by atoms with Crippen LogP contribution >= 0.6 is 0 Å². The van der Waals surface area contributed by atoms with E-state index < -0.39 is 23.5 Å². The second kappa shape index (κ2) is 5.76. The van der Waals surface area contributed by atoms with Gasteiger partial charge in [0.2, 0.25) is 0 Å². The molecule has 1 aliphatic heterocycles. The van der Waals surface area contributed by atoms with Crippen LogP contribution < -0.4 is 5.32 Å². The van der Waals surface area contributed by atoms with Crippen LogP contribution in [0.3, 0.4) is 0 Å². The van der Waals surface area contributed by atoms with E-state index >= 15 is 0 Å². The van der Waals surface area contributed by atoms with E-state index in [4.69, 9.17) is 9.47 Å². The third kappa shape index (κ3) is 3.09. The number of hydrogen-bond donors (Lipinski definition) is 1. The average molecular weight is 332 g/mol. The van der Waals surface area contributed by atoms with Gasteiger partial charge in [-0.3, -0.25) is 0 Å². The van der Waals surface area contributed by atoms with Crippen LogP contribution in [0.4, 0.5) is 10.1 Å². The Hall–Kier alpha value is -3.23. The highest BCUT2D eigenvalue weighted by atomic mass is 19.1. The maximum absolute atomic E-state index is 14.1. The number of aromatic nitrogens is 3. The van der Waals surface area contributed by atoms with E-state index in [0.29, 0.717) is 5.69 Å². The Kier molecular flexibility index (Phi) is 3.76. The average Bonchev–Trinajstić information content (AvgIpc) is 2.99. The van der Waals surface area contributed by atoms with Gasteiger partial charge in [-0.2, -0.15) is 5.10 Å². The van der Waals surface area contributed by atoms with E-state index in [-0.39, 0.29) is 11.3 Å². The molecule has 9 heteroatoms. The summed E-state index contributed by atoms with van der Waals surface area (Å²) in [4.78, 5) is 27.3. The molecule has 1 saturated heterocycles. The number of nitrogens with zero attached hydrogens (tertiary/aromatic N) is 3. The number of ether oxygens (including phenoxy) is 2. The molecule has 8 nitrogen and oxygen atoms in total. The SMILES string of the molecule is CC1(C)OC(=O)C(=CNc2ccc(-n3cncn3)c(F)c2)C(=O)O1. The zero-order valence-corrected chi connectivity index (χ0v) is 12.8. The Morgan fingerprint density at radius 1 is 1.25 bits per heavy atom.